The lowest BCUT2D eigenvalue weighted by Gasteiger charge is -2.14. The van der Waals surface area contributed by atoms with Crippen LogP contribution in [0.3, 0.4) is 0 Å². The highest BCUT2D eigenvalue weighted by atomic mass is 32.2. The number of methoxy groups -OCH3 is 1. The van der Waals surface area contributed by atoms with E-state index in [1.807, 2.05) is 79.7 Å². The SMILES string of the molecule is COC(=O)c1c(NC(=S)Nc2ccccc2Sc2ccccc2)sc(C)c1-c1ccccc1. The molecule has 0 bridgehead atoms. The van der Waals surface area contributed by atoms with Gasteiger partial charge in [-0.05, 0) is 49.0 Å². The first-order valence-electron chi connectivity index (χ1n) is 10.2. The van der Waals surface area contributed by atoms with Gasteiger partial charge in [0.15, 0.2) is 5.11 Å². The predicted octanol–water partition coefficient (Wildman–Crippen LogP) is 7.47. The van der Waals surface area contributed by atoms with E-state index in [1.54, 1.807) is 11.8 Å². The topological polar surface area (TPSA) is 50.4 Å². The van der Waals surface area contributed by atoms with E-state index in [4.69, 9.17) is 17.0 Å². The van der Waals surface area contributed by atoms with Gasteiger partial charge in [-0.3, -0.25) is 0 Å². The van der Waals surface area contributed by atoms with Crippen molar-refractivity contribution in [1.29, 1.82) is 0 Å². The molecule has 0 amide bonds. The zero-order valence-electron chi connectivity index (χ0n) is 18.1. The summed E-state index contributed by atoms with van der Waals surface area (Å²) < 4.78 is 5.10. The molecule has 4 rings (SSSR count). The van der Waals surface area contributed by atoms with Crippen molar-refractivity contribution in [2.75, 3.05) is 17.7 Å². The van der Waals surface area contributed by atoms with Crippen molar-refractivity contribution in [3.63, 3.8) is 0 Å². The molecule has 0 spiro atoms. The van der Waals surface area contributed by atoms with E-state index in [1.165, 1.54) is 18.4 Å². The molecule has 0 aliphatic heterocycles. The van der Waals surface area contributed by atoms with E-state index in [2.05, 4.69) is 22.8 Å². The Hall–Kier alpha value is -3.13. The maximum absolute atomic E-state index is 12.7. The Kier molecular flexibility index (Phi) is 7.44. The summed E-state index contributed by atoms with van der Waals surface area (Å²) in [5, 5.41) is 7.57. The number of rotatable bonds is 6. The molecular weight excluding hydrogens is 468 g/mol. The Bertz CT molecular complexity index is 1270. The van der Waals surface area contributed by atoms with Gasteiger partial charge in [-0.1, -0.05) is 72.4 Å². The molecule has 0 atom stereocenters. The summed E-state index contributed by atoms with van der Waals surface area (Å²) in [7, 11) is 1.39. The number of carbonyl (C=O) groups is 1. The van der Waals surface area contributed by atoms with Crippen LogP contribution in [0.5, 0.6) is 0 Å². The molecule has 166 valence electrons. The zero-order valence-corrected chi connectivity index (χ0v) is 20.6. The van der Waals surface area contributed by atoms with Gasteiger partial charge < -0.3 is 15.4 Å². The van der Waals surface area contributed by atoms with Crippen LogP contribution >= 0.6 is 35.3 Å². The minimum atomic E-state index is -0.400. The summed E-state index contributed by atoms with van der Waals surface area (Å²) in [5.41, 5.74) is 3.20. The van der Waals surface area contributed by atoms with Gasteiger partial charge in [0.2, 0.25) is 0 Å². The molecule has 4 aromatic rings. The fourth-order valence-electron chi connectivity index (χ4n) is 3.41. The number of para-hydroxylation sites is 1. The summed E-state index contributed by atoms with van der Waals surface area (Å²) in [4.78, 5) is 15.9. The summed E-state index contributed by atoms with van der Waals surface area (Å²) >= 11 is 8.75. The van der Waals surface area contributed by atoms with Gasteiger partial charge in [0, 0.05) is 20.2 Å². The van der Waals surface area contributed by atoms with E-state index in [0.717, 1.165) is 31.5 Å². The second-order valence-electron chi connectivity index (χ2n) is 7.09. The number of anilines is 2. The molecule has 2 N–H and O–H groups in total. The van der Waals surface area contributed by atoms with E-state index >= 15 is 0 Å². The highest BCUT2D eigenvalue weighted by Crippen LogP contribution is 2.40. The third-order valence-electron chi connectivity index (χ3n) is 4.87. The number of thiocarbonyl (C=S) groups is 1. The second-order valence-corrected chi connectivity index (χ2v) is 9.83. The third kappa shape index (κ3) is 5.45. The van der Waals surface area contributed by atoms with Gasteiger partial charge in [0.05, 0.1) is 12.8 Å². The van der Waals surface area contributed by atoms with Crippen LogP contribution in [0.1, 0.15) is 15.2 Å². The van der Waals surface area contributed by atoms with Crippen molar-refractivity contribution >= 4 is 57.1 Å². The lowest BCUT2D eigenvalue weighted by atomic mass is 10.0. The maximum atomic E-state index is 12.7. The monoisotopic (exact) mass is 490 g/mol. The molecule has 7 heteroatoms. The Balaban J connectivity index is 1.60. The van der Waals surface area contributed by atoms with Gasteiger partial charge in [-0.15, -0.1) is 11.3 Å². The van der Waals surface area contributed by atoms with Crippen LogP contribution in [0.4, 0.5) is 10.7 Å². The first-order chi connectivity index (χ1) is 16.1. The normalized spacial score (nSPS) is 10.5. The first kappa shape index (κ1) is 23.0. The lowest BCUT2D eigenvalue weighted by Crippen LogP contribution is -2.20. The molecule has 1 heterocycles. The lowest BCUT2D eigenvalue weighted by molar-refractivity contribution is 0.0603. The number of ether oxygens (including phenoxy) is 1. The fraction of sp³-hybridized carbons (Fsp3) is 0.0769. The van der Waals surface area contributed by atoms with Gasteiger partial charge in [0.1, 0.15) is 10.6 Å². The van der Waals surface area contributed by atoms with Crippen LogP contribution in [-0.4, -0.2) is 18.2 Å². The molecule has 1 aromatic heterocycles. The molecule has 0 saturated heterocycles. The number of nitrogens with one attached hydrogen (secondary N) is 2. The number of hydrogen-bond acceptors (Lipinski definition) is 5. The molecule has 0 aliphatic rings. The standard InChI is InChI=1S/C26H22N2O2S3/c1-17-22(18-11-5-3-6-12-18)23(25(29)30-2)24(32-17)28-26(31)27-20-15-9-10-16-21(20)33-19-13-7-4-8-14-19/h3-16H,1-2H3,(H2,27,28,31). The van der Waals surface area contributed by atoms with Gasteiger partial charge in [0.25, 0.3) is 0 Å². The third-order valence-corrected chi connectivity index (χ3v) is 7.18. The van der Waals surface area contributed by atoms with Gasteiger partial charge in [-0.2, -0.15) is 0 Å². The number of benzene rings is 3. The van der Waals surface area contributed by atoms with Crippen molar-refractivity contribution in [3.05, 3.63) is 95.4 Å². The van der Waals surface area contributed by atoms with Crippen LogP contribution < -0.4 is 10.6 Å². The van der Waals surface area contributed by atoms with E-state index in [9.17, 15) is 4.79 Å². The van der Waals surface area contributed by atoms with Crippen molar-refractivity contribution in [3.8, 4) is 11.1 Å². The molecule has 0 saturated carbocycles. The molecule has 3 aromatic carbocycles. The Morgan fingerprint density at radius 3 is 2.24 bits per heavy atom. The van der Waals surface area contributed by atoms with Gasteiger partial charge >= 0.3 is 5.97 Å². The minimum Gasteiger partial charge on any atom is -0.465 e. The summed E-state index contributed by atoms with van der Waals surface area (Å²) in [6.45, 7) is 1.99. The quantitative estimate of drug-likeness (QED) is 0.216. The smallest absolute Gasteiger partial charge is 0.341 e. The molecular formula is C26H22N2O2S3. The molecule has 0 radical (unpaired) electrons. The zero-order chi connectivity index (χ0) is 23.2. The van der Waals surface area contributed by atoms with Crippen LogP contribution in [0.25, 0.3) is 11.1 Å². The van der Waals surface area contributed by atoms with Crippen LogP contribution in [0, 0.1) is 6.92 Å². The summed E-state index contributed by atoms with van der Waals surface area (Å²) in [5.74, 6) is -0.400. The summed E-state index contributed by atoms with van der Waals surface area (Å²) in [6.07, 6.45) is 0. The fourth-order valence-corrected chi connectivity index (χ4v) is 5.68. The van der Waals surface area contributed by atoms with Gasteiger partial charge in [-0.25, -0.2) is 4.79 Å². The predicted molar refractivity (Wildman–Crippen MR) is 143 cm³/mol. The Morgan fingerprint density at radius 1 is 0.909 bits per heavy atom. The second kappa shape index (κ2) is 10.7. The van der Waals surface area contributed by atoms with Crippen molar-refractivity contribution in [2.45, 2.75) is 16.7 Å². The average Bonchev–Trinajstić information content (AvgIpc) is 3.16. The van der Waals surface area contributed by atoms with Crippen molar-refractivity contribution in [2.24, 2.45) is 0 Å². The molecule has 0 fully saturated rings. The highest BCUT2D eigenvalue weighted by Gasteiger charge is 2.24. The van der Waals surface area contributed by atoms with Crippen LogP contribution in [0.2, 0.25) is 0 Å². The van der Waals surface area contributed by atoms with Crippen molar-refractivity contribution < 1.29 is 9.53 Å². The van der Waals surface area contributed by atoms with E-state index < -0.39 is 5.97 Å². The van der Waals surface area contributed by atoms with Crippen molar-refractivity contribution in [1.82, 2.24) is 0 Å². The molecule has 33 heavy (non-hydrogen) atoms. The molecule has 0 unspecified atom stereocenters. The average molecular weight is 491 g/mol. The van der Waals surface area contributed by atoms with E-state index in [-0.39, 0.29) is 0 Å². The molecule has 4 nitrogen and oxygen atoms in total. The summed E-state index contributed by atoms with van der Waals surface area (Å²) in [6, 6.07) is 28.0. The Labute approximate surface area is 207 Å². The number of esters is 1. The highest BCUT2D eigenvalue weighted by molar-refractivity contribution is 7.99. The van der Waals surface area contributed by atoms with Crippen LogP contribution in [0.15, 0.2) is 94.7 Å². The first-order valence-corrected chi connectivity index (χ1v) is 12.3. The van der Waals surface area contributed by atoms with Crippen LogP contribution in [-0.2, 0) is 4.74 Å². The maximum Gasteiger partial charge on any atom is 0.341 e. The number of aryl methyl sites for hydroxylation is 1. The van der Waals surface area contributed by atoms with E-state index in [0.29, 0.717) is 15.7 Å². The Morgan fingerprint density at radius 2 is 1.55 bits per heavy atom. The molecule has 0 aliphatic carbocycles. The number of thiophene rings is 1. The number of hydrogen-bond donors (Lipinski definition) is 2. The largest absolute Gasteiger partial charge is 0.465 e. The number of carbonyl (C=O) groups excluding carboxylic acids is 1. The minimum absolute atomic E-state index is 0.400.